The number of benzene rings is 1. The van der Waals surface area contributed by atoms with E-state index in [-0.39, 0.29) is 6.61 Å². The van der Waals surface area contributed by atoms with Crippen LogP contribution in [0, 0.1) is 5.82 Å². The molecule has 0 radical (unpaired) electrons. The molecule has 3 N–H and O–H groups in total. The van der Waals surface area contributed by atoms with Crippen LogP contribution in [-0.4, -0.2) is 24.2 Å². The Morgan fingerprint density at radius 2 is 2.20 bits per heavy atom. The van der Waals surface area contributed by atoms with Crippen molar-refractivity contribution in [2.24, 2.45) is 0 Å². The molecule has 0 aliphatic heterocycles. The van der Waals surface area contributed by atoms with Crippen LogP contribution in [0.4, 0.5) is 4.39 Å². The summed E-state index contributed by atoms with van der Waals surface area (Å²) in [6.07, 6.45) is 2.06. The molecule has 0 unspecified atom stereocenters. The summed E-state index contributed by atoms with van der Waals surface area (Å²) in [5.41, 5.74) is 4.94. The van der Waals surface area contributed by atoms with Gasteiger partial charge in [0.2, 0.25) is 0 Å². The van der Waals surface area contributed by atoms with Crippen LogP contribution in [-0.2, 0) is 4.79 Å². The molecule has 0 aliphatic carbocycles. The monoisotopic (exact) mass is 299 g/mol. The van der Waals surface area contributed by atoms with Crippen LogP contribution in [0.5, 0.6) is 5.75 Å². The number of thiocarbonyl (C=S) groups is 1. The van der Waals surface area contributed by atoms with Crippen LogP contribution in [0.1, 0.15) is 19.8 Å². The molecule has 0 saturated heterocycles. The van der Waals surface area contributed by atoms with Crippen molar-refractivity contribution in [3.8, 4) is 5.75 Å². The van der Waals surface area contributed by atoms with Gasteiger partial charge in [-0.25, -0.2) is 4.39 Å². The molecule has 7 heteroatoms. The number of hydrazine groups is 1. The molecule has 0 atom stereocenters. The maximum Gasteiger partial charge on any atom is 0.276 e. The Bertz CT molecular complexity index is 457. The van der Waals surface area contributed by atoms with Crippen LogP contribution in [0.25, 0.3) is 0 Å². The standard InChI is InChI=1S/C13H18FN3O2S/c1-2-3-7-15-13(20)17-16-12(18)9-19-11-6-4-5-10(14)8-11/h4-6,8H,2-3,7,9H2,1H3,(H,16,18)(H2,15,17,20). The van der Waals surface area contributed by atoms with E-state index in [0.29, 0.717) is 10.9 Å². The molecule has 20 heavy (non-hydrogen) atoms. The molecular formula is C13H18FN3O2S. The number of nitrogens with one attached hydrogen (secondary N) is 3. The third kappa shape index (κ3) is 6.89. The van der Waals surface area contributed by atoms with Gasteiger partial charge in [0.25, 0.3) is 5.91 Å². The van der Waals surface area contributed by atoms with Crippen molar-refractivity contribution in [3.63, 3.8) is 0 Å². The van der Waals surface area contributed by atoms with Crippen molar-refractivity contribution in [1.82, 2.24) is 16.2 Å². The molecule has 0 aliphatic rings. The van der Waals surface area contributed by atoms with E-state index in [9.17, 15) is 9.18 Å². The molecule has 110 valence electrons. The number of amides is 1. The first-order valence-corrected chi connectivity index (χ1v) is 6.73. The van der Waals surface area contributed by atoms with Crippen LogP contribution in [0.15, 0.2) is 24.3 Å². The van der Waals surface area contributed by atoms with E-state index in [1.807, 2.05) is 0 Å². The first-order valence-electron chi connectivity index (χ1n) is 6.33. The highest BCUT2D eigenvalue weighted by molar-refractivity contribution is 7.80. The summed E-state index contributed by atoms with van der Waals surface area (Å²) in [5.74, 6) is -0.528. The number of hydrogen-bond acceptors (Lipinski definition) is 3. The second kappa shape index (κ2) is 9.08. The van der Waals surface area contributed by atoms with Crippen molar-refractivity contribution in [2.75, 3.05) is 13.2 Å². The maximum absolute atomic E-state index is 12.9. The number of rotatable bonds is 6. The minimum Gasteiger partial charge on any atom is -0.484 e. The zero-order chi connectivity index (χ0) is 14.8. The third-order valence-electron chi connectivity index (χ3n) is 2.30. The average molecular weight is 299 g/mol. The molecule has 1 amide bonds. The Labute approximate surface area is 122 Å². The van der Waals surface area contributed by atoms with Gasteiger partial charge in [0, 0.05) is 12.6 Å². The van der Waals surface area contributed by atoms with Crippen molar-refractivity contribution in [3.05, 3.63) is 30.1 Å². The molecule has 0 bridgehead atoms. The molecule has 0 aromatic heterocycles. The van der Waals surface area contributed by atoms with Gasteiger partial charge < -0.3 is 10.1 Å². The van der Waals surface area contributed by atoms with E-state index in [1.54, 1.807) is 6.07 Å². The number of unbranched alkanes of at least 4 members (excludes halogenated alkanes) is 1. The lowest BCUT2D eigenvalue weighted by molar-refractivity contribution is -0.123. The highest BCUT2D eigenvalue weighted by atomic mass is 32.1. The molecule has 0 saturated carbocycles. The van der Waals surface area contributed by atoms with Crippen molar-refractivity contribution in [2.45, 2.75) is 19.8 Å². The number of carbonyl (C=O) groups excluding carboxylic acids is 1. The lowest BCUT2D eigenvalue weighted by Gasteiger charge is -2.11. The SMILES string of the molecule is CCCCNC(=S)NNC(=O)COc1cccc(F)c1. The highest BCUT2D eigenvalue weighted by Gasteiger charge is 2.03. The molecule has 0 fully saturated rings. The topological polar surface area (TPSA) is 62.4 Å². The predicted octanol–water partition coefficient (Wildman–Crippen LogP) is 1.50. The first-order chi connectivity index (χ1) is 9.61. The Morgan fingerprint density at radius 3 is 2.90 bits per heavy atom. The fourth-order valence-corrected chi connectivity index (χ4v) is 1.44. The summed E-state index contributed by atoms with van der Waals surface area (Å²) >= 11 is 4.95. The fraction of sp³-hybridized carbons (Fsp3) is 0.385. The summed E-state index contributed by atoms with van der Waals surface area (Å²) in [7, 11) is 0. The summed E-state index contributed by atoms with van der Waals surface area (Å²) in [4.78, 5) is 11.5. The van der Waals surface area contributed by atoms with Gasteiger partial charge in [-0.3, -0.25) is 15.6 Å². The van der Waals surface area contributed by atoms with E-state index in [1.165, 1.54) is 18.2 Å². The minimum atomic E-state index is -0.415. The van der Waals surface area contributed by atoms with E-state index >= 15 is 0 Å². The predicted molar refractivity (Wildman–Crippen MR) is 78.7 cm³/mol. The summed E-state index contributed by atoms with van der Waals surface area (Å²) in [6.45, 7) is 2.59. The van der Waals surface area contributed by atoms with Gasteiger partial charge in [0.15, 0.2) is 11.7 Å². The van der Waals surface area contributed by atoms with Gasteiger partial charge in [-0.05, 0) is 30.8 Å². The fourth-order valence-electron chi connectivity index (χ4n) is 1.29. The van der Waals surface area contributed by atoms with Crippen molar-refractivity contribution >= 4 is 23.2 Å². The van der Waals surface area contributed by atoms with Gasteiger partial charge in [-0.15, -0.1) is 0 Å². The molecule has 1 aromatic carbocycles. The normalized spacial score (nSPS) is 9.70. The minimum absolute atomic E-state index is 0.228. The Hall–Kier alpha value is -1.89. The van der Waals surface area contributed by atoms with Gasteiger partial charge in [0.1, 0.15) is 11.6 Å². The van der Waals surface area contributed by atoms with Gasteiger partial charge in [-0.2, -0.15) is 0 Å². The van der Waals surface area contributed by atoms with Crippen molar-refractivity contribution < 1.29 is 13.9 Å². The second-order valence-electron chi connectivity index (χ2n) is 4.03. The number of hydrogen-bond donors (Lipinski definition) is 3. The molecule has 1 aromatic rings. The number of halogens is 1. The van der Waals surface area contributed by atoms with Crippen LogP contribution < -0.4 is 20.9 Å². The Morgan fingerprint density at radius 1 is 1.40 bits per heavy atom. The quantitative estimate of drug-likeness (QED) is 0.422. The van der Waals surface area contributed by atoms with Crippen molar-refractivity contribution in [1.29, 1.82) is 0 Å². The molecule has 0 heterocycles. The Balaban J connectivity index is 2.19. The zero-order valence-corrected chi connectivity index (χ0v) is 12.1. The largest absolute Gasteiger partial charge is 0.484 e. The smallest absolute Gasteiger partial charge is 0.276 e. The van der Waals surface area contributed by atoms with E-state index in [2.05, 4.69) is 23.1 Å². The second-order valence-corrected chi connectivity index (χ2v) is 4.44. The van der Waals surface area contributed by atoms with Gasteiger partial charge in [-0.1, -0.05) is 19.4 Å². The zero-order valence-electron chi connectivity index (χ0n) is 11.2. The third-order valence-corrected chi connectivity index (χ3v) is 2.54. The first kappa shape index (κ1) is 16.2. The van der Waals surface area contributed by atoms with Crippen LogP contribution >= 0.6 is 12.2 Å². The van der Waals surface area contributed by atoms with Crippen LogP contribution in [0.2, 0.25) is 0 Å². The molecular weight excluding hydrogens is 281 g/mol. The molecule has 1 rings (SSSR count). The average Bonchev–Trinajstić information content (AvgIpc) is 2.43. The van der Waals surface area contributed by atoms with E-state index < -0.39 is 11.7 Å². The van der Waals surface area contributed by atoms with Crippen LogP contribution in [0.3, 0.4) is 0 Å². The molecule has 5 nitrogen and oxygen atoms in total. The molecule has 0 spiro atoms. The Kier molecular flexibility index (Phi) is 7.34. The summed E-state index contributed by atoms with van der Waals surface area (Å²) in [6, 6.07) is 5.58. The van der Waals surface area contributed by atoms with E-state index in [0.717, 1.165) is 19.4 Å². The maximum atomic E-state index is 12.9. The van der Waals surface area contributed by atoms with Gasteiger partial charge in [0.05, 0.1) is 0 Å². The highest BCUT2D eigenvalue weighted by Crippen LogP contribution is 2.11. The van der Waals surface area contributed by atoms with Gasteiger partial charge >= 0.3 is 0 Å². The number of ether oxygens (including phenoxy) is 1. The number of carbonyl (C=O) groups is 1. The summed E-state index contributed by atoms with van der Waals surface area (Å²) < 4.78 is 18.0. The summed E-state index contributed by atoms with van der Waals surface area (Å²) in [5, 5.41) is 3.28. The van der Waals surface area contributed by atoms with E-state index in [4.69, 9.17) is 17.0 Å². The lowest BCUT2D eigenvalue weighted by Crippen LogP contribution is -2.48. The lowest BCUT2D eigenvalue weighted by atomic mass is 10.3.